The van der Waals surface area contributed by atoms with Gasteiger partial charge in [0.05, 0.1) is 0 Å². The molecule has 4 atom stereocenters. The fourth-order valence-electron chi connectivity index (χ4n) is 1.96. The molecule has 0 heterocycles. The molecular formula is C18H30O13. The second-order valence-electron chi connectivity index (χ2n) is 5.97. The van der Waals surface area contributed by atoms with Crippen LogP contribution in [0.2, 0.25) is 0 Å². The van der Waals surface area contributed by atoms with E-state index in [0.29, 0.717) is 0 Å². The second kappa shape index (κ2) is 14.6. The second-order valence-corrected chi connectivity index (χ2v) is 5.97. The Labute approximate surface area is 180 Å². The molecule has 0 aromatic rings. The summed E-state index contributed by atoms with van der Waals surface area (Å²) in [5, 5.41) is 0. The number of esters is 4. The SMILES string of the molecule is CC(=O)OC(C)OC(OC(C)OC(C)=O)OC(OC(C)OC(C)=O)OC(C)OC(C)=O. The minimum Gasteiger partial charge on any atom is -0.436 e. The van der Waals surface area contributed by atoms with Crippen LogP contribution in [0.4, 0.5) is 0 Å². The lowest BCUT2D eigenvalue weighted by molar-refractivity contribution is -0.453. The van der Waals surface area contributed by atoms with Crippen molar-refractivity contribution in [2.75, 3.05) is 0 Å². The van der Waals surface area contributed by atoms with E-state index in [4.69, 9.17) is 42.6 Å². The molecule has 0 radical (unpaired) electrons. The molecule has 0 spiro atoms. The largest absolute Gasteiger partial charge is 0.436 e. The van der Waals surface area contributed by atoms with Gasteiger partial charge in [-0.05, 0) is 27.7 Å². The molecule has 13 heteroatoms. The van der Waals surface area contributed by atoms with E-state index in [1.54, 1.807) is 0 Å². The van der Waals surface area contributed by atoms with E-state index in [1.165, 1.54) is 27.7 Å². The van der Waals surface area contributed by atoms with Crippen molar-refractivity contribution in [3.05, 3.63) is 0 Å². The van der Waals surface area contributed by atoms with Crippen LogP contribution in [0, 0.1) is 0 Å². The van der Waals surface area contributed by atoms with Gasteiger partial charge in [-0.3, -0.25) is 42.9 Å². The fourth-order valence-corrected chi connectivity index (χ4v) is 1.96. The van der Waals surface area contributed by atoms with Gasteiger partial charge in [0.25, 0.3) is 13.0 Å². The Morgan fingerprint density at radius 3 is 0.774 bits per heavy atom. The summed E-state index contributed by atoms with van der Waals surface area (Å²) in [6, 6.07) is 0. The summed E-state index contributed by atoms with van der Waals surface area (Å²) in [4.78, 5) is 44.5. The van der Waals surface area contributed by atoms with E-state index >= 15 is 0 Å². The monoisotopic (exact) mass is 454 g/mol. The third-order valence-corrected chi connectivity index (χ3v) is 2.76. The highest BCUT2D eigenvalue weighted by Crippen LogP contribution is 2.16. The van der Waals surface area contributed by atoms with Crippen LogP contribution >= 0.6 is 0 Å². The first-order valence-corrected chi connectivity index (χ1v) is 9.24. The van der Waals surface area contributed by atoms with Crippen molar-refractivity contribution in [1.82, 2.24) is 0 Å². The van der Waals surface area contributed by atoms with Crippen molar-refractivity contribution in [3.63, 3.8) is 0 Å². The van der Waals surface area contributed by atoms with Gasteiger partial charge in [0.2, 0.25) is 25.2 Å². The van der Waals surface area contributed by atoms with Crippen molar-refractivity contribution in [2.45, 2.75) is 93.5 Å². The van der Waals surface area contributed by atoms with Gasteiger partial charge < -0.3 is 18.9 Å². The number of carbonyl (C=O) groups excluding carboxylic acids is 4. The zero-order valence-electron chi connectivity index (χ0n) is 18.8. The number of hydrogen-bond acceptors (Lipinski definition) is 13. The first-order valence-electron chi connectivity index (χ1n) is 9.24. The van der Waals surface area contributed by atoms with Crippen LogP contribution in [0.3, 0.4) is 0 Å². The quantitative estimate of drug-likeness (QED) is 0.211. The normalized spacial score (nSPS) is 16.8. The van der Waals surface area contributed by atoms with Crippen LogP contribution in [0.5, 0.6) is 0 Å². The van der Waals surface area contributed by atoms with Crippen LogP contribution in [0.15, 0.2) is 0 Å². The highest BCUT2D eigenvalue weighted by molar-refractivity contribution is 5.66. The molecule has 0 bridgehead atoms. The van der Waals surface area contributed by atoms with Gasteiger partial charge in [0, 0.05) is 27.7 Å². The number of hydrogen-bond donors (Lipinski definition) is 0. The molecular weight excluding hydrogens is 424 g/mol. The number of carbonyl (C=O) groups is 4. The molecule has 0 N–H and O–H groups in total. The summed E-state index contributed by atoms with van der Waals surface area (Å²) in [5.74, 6) is -2.57. The third kappa shape index (κ3) is 16.1. The molecule has 31 heavy (non-hydrogen) atoms. The summed E-state index contributed by atoms with van der Waals surface area (Å²) in [6.45, 7) is 6.81. The standard InChI is InChI=1S/C18H30O13/c1-9(19)23-13(5)27-17(28-14(6)24-10(2)20)31-18(29-15(7)25-11(3)21)30-16(8)26-12(4)22/h13-18H,1-8H3. The predicted molar refractivity (Wildman–Crippen MR) is 97.9 cm³/mol. The molecule has 0 saturated heterocycles. The molecule has 4 unspecified atom stereocenters. The van der Waals surface area contributed by atoms with Crippen LogP contribution in [0.1, 0.15) is 55.4 Å². The van der Waals surface area contributed by atoms with Gasteiger partial charge in [-0.25, -0.2) is 0 Å². The zero-order valence-corrected chi connectivity index (χ0v) is 18.8. The molecule has 0 amide bonds. The average molecular weight is 454 g/mol. The summed E-state index contributed by atoms with van der Waals surface area (Å²) in [7, 11) is 0. The van der Waals surface area contributed by atoms with Crippen LogP contribution in [0.25, 0.3) is 0 Å². The lowest BCUT2D eigenvalue weighted by Crippen LogP contribution is -2.40. The summed E-state index contributed by atoms with van der Waals surface area (Å²) in [6.07, 6.45) is -4.59. The van der Waals surface area contributed by atoms with Gasteiger partial charge in [-0.1, -0.05) is 0 Å². The molecule has 180 valence electrons. The Morgan fingerprint density at radius 1 is 0.419 bits per heavy atom. The molecule has 0 aromatic heterocycles. The van der Waals surface area contributed by atoms with Crippen molar-refractivity contribution in [3.8, 4) is 0 Å². The molecule has 0 aliphatic heterocycles. The topological polar surface area (TPSA) is 151 Å². The zero-order chi connectivity index (χ0) is 24.1. The first kappa shape index (κ1) is 28.7. The highest BCUT2D eigenvalue weighted by atomic mass is 17.0. The first-order chi connectivity index (χ1) is 14.3. The predicted octanol–water partition coefficient (Wildman–Crippen LogP) is 1.27. The molecule has 0 aliphatic rings. The van der Waals surface area contributed by atoms with E-state index < -0.39 is 62.0 Å². The maximum absolute atomic E-state index is 11.1. The van der Waals surface area contributed by atoms with E-state index in [0.717, 1.165) is 27.7 Å². The molecule has 0 rings (SSSR count). The van der Waals surface area contributed by atoms with Crippen LogP contribution in [-0.4, -0.2) is 62.0 Å². The third-order valence-electron chi connectivity index (χ3n) is 2.76. The Morgan fingerprint density at radius 2 is 0.613 bits per heavy atom. The minimum absolute atomic E-state index is 0.643. The Balaban J connectivity index is 5.40. The van der Waals surface area contributed by atoms with Gasteiger partial charge in [0.15, 0.2) is 0 Å². The van der Waals surface area contributed by atoms with Crippen molar-refractivity contribution in [2.24, 2.45) is 0 Å². The lowest BCUT2D eigenvalue weighted by Gasteiger charge is -2.30. The summed E-state index contributed by atoms with van der Waals surface area (Å²) in [5.41, 5.74) is 0. The number of rotatable bonds is 14. The van der Waals surface area contributed by atoms with Gasteiger partial charge >= 0.3 is 23.9 Å². The molecule has 0 aliphatic carbocycles. The maximum atomic E-state index is 11.1. The Kier molecular flexibility index (Phi) is 13.5. The van der Waals surface area contributed by atoms with E-state index in [2.05, 4.69) is 0 Å². The molecule has 0 saturated carbocycles. The van der Waals surface area contributed by atoms with E-state index in [-0.39, 0.29) is 0 Å². The minimum atomic E-state index is -1.66. The van der Waals surface area contributed by atoms with E-state index in [9.17, 15) is 19.2 Å². The van der Waals surface area contributed by atoms with Crippen molar-refractivity contribution in [1.29, 1.82) is 0 Å². The van der Waals surface area contributed by atoms with Crippen LogP contribution in [-0.2, 0) is 61.8 Å². The Hall–Kier alpha value is -2.32. The van der Waals surface area contributed by atoms with Gasteiger partial charge in [-0.15, -0.1) is 0 Å². The molecule has 13 nitrogen and oxygen atoms in total. The maximum Gasteiger partial charge on any atom is 0.304 e. The Bertz CT molecular complexity index is 495. The molecule has 0 aromatic carbocycles. The fraction of sp³-hybridized carbons (Fsp3) is 0.778. The van der Waals surface area contributed by atoms with Gasteiger partial charge in [-0.2, -0.15) is 0 Å². The lowest BCUT2D eigenvalue weighted by atomic mass is 10.7. The summed E-state index contributed by atoms with van der Waals surface area (Å²) >= 11 is 0. The van der Waals surface area contributed by atoms with Crippen molar-refractivity contribution < 1.29 is 61.8 Å². The number of ether oxygens (including phenoxy) is 9. The highest BCUT2D eigenvalue weighted by Gasteiger charge is 2.29. The average Bonchev–Trinajstić information content (AvgIpc) is 2.50. The van der Waals surface area contributed by atoms with Gasteiger partial charge in [0.1, 0.15) is 0 Å². The van der Waals surface area contributed by atoms with Crippen LogP contribution < -0.4 is 0 Å². The smallest absolute Gasteiger partial charge is 0.304 e. The summed E-state index contributed by atoms with van der Waals surface area (Å²) < 4.78 is 46.0. The van der Waals surface area contributed by atoms with Crippen molar-refractivity contribution >= 4 is 23.9 Å². The van der Waals surface area contributed by atoms with E-state index in [1.807, 2.05) is 0 Å². The molecule has 0 fully saturated rings.